The summed E-state index contributed by atoms with van der Waals surface area (Å²) in [6.45, 7) is 5.93. The van der Waals surface area contributed by atoms with Crippen LogP contribution in [0.5, 0.6) is 0 Å². The van der Waals surface area contributed by atoms with Gasteiger partial charge in [0.05, 0.1) is 6.04 Å². The zero-order chi connectivity index (χ0) is 23.1. The lowest BCUT2D eigenvalue weighted by Gasteiger charge is -2.27. The third-order valence-electron chi connectivity index (χ3n) is 5.29. The first-order chi connectivity index (χ1) is 14.6. The van der Waals surface area contributed by atoms with Crippen LogP contribution in [0.3, 0.4) is 0 Å². The molecule has 31 heavy (non-hydrogen) atoms. The fourth-order valence-electron chi connectivity index (χ4n) is 3.34. The number of benzene rings is 2. The molecular formula is C24H31F2N3O2. The fourth-order valence-corrected chi connectivity index (χ4v) is 3.34. The van der Waals surface area contributed by atoms with Crippen molar-refractivity contribution in [3.8, 4) is 0 Å². The molecule has 0 spiro atoms. The van der Waals surface area contributed by atoms with Crippen molar-refractivity contribution in [2.45, 2.75) is 39.3 Å². The molecule has 2 atom stereocenters. The van der Waals surface area contributed by atoms with E-state index in [-0.39, 0.29) is 12.0 Å². The second-order valence-corrected chi connectivity index (χ2v) is 8.11. The number of likely N-dealkylation sites (N-methyl/N-ethyl adjacent to an activating group) is 1. The van der Waals surface area contributed by atoms with E-state index in [0.29, 0.717) is 6.54 Å². The van der Waals surface area contributed by atoms with Gasteiger partial charge in [0, 0.05) is 6.54 Å². The van der Waals surface area contributed by atoms with E-state index in [4.69, 9.17) is 0 Å². The Hall–Kier alpha value is -2.80. The van der Waals surface area contributed by atoms with Crippen molar-refractivity contribution in [2.75, 3.05) is 20.6 Å². The predicted octanol–water partition coefficient (Wildman–Crippen LogP) is 3.70. The van der Waals surface area contributed by atoms with Crippen LogP contribution in [0.15, 0.2) is 42.5 Å². The van der Waals surface area contributed by atoms with E-state index in [1.165, 1.54) is 11.6 Å². The Morgan fingerprint density at radius 3 is 2.06 bits per heavy atom. The van der Waals surface area contributed by atoms with Crippen LogP contribution in [0.4, 0.5) is 8.78 Å². The largest absolute Gasteiger partial charge is 0.352 e. The van der Waals surface area contributed by atoms with Crippen LogP contribution >= 0.6 is 0 Å². The number of carbonyl (C=O) groups is 2. The summed E-state index contributed by atoms with van der Waals surface area (Å²) in [4.78, 5) is 27.3. The van der Waals surface area contributed by atoms with Gasteiger partial charge in [0.2, 0.25) is 5.91 Å². The van der Waals surface area contributed by atoms with Crippen molar-refractivity contribution in [1.29, 1.82) is 0 Å². The number of hydrogen-bond acceptors (Lipinski definition) is 3. The molecule has 0 aliphatic rings. The second-order valence-electron chi connectivity index (χ2n) is 8.11. The molecule has 168 valence electrons. The first-order valence-electron chi connectivity index (χ1n) is 10.4. The highest BCUT2D eigenvalue weighted by Gasteiger charge is 2.28. The van der Waals surface area contributed by atoms with E-state index in [1.54, 1.807) is 13.8 Å². The van der Waals surface area contributed by atoms with E-state index in [2.05, 4.69) is 29.7 Å². The number of amides is 2. The molecule has 2 rings (SSSR count). The van der Waals surface area contributed by atoms with Gasteiger partial charge < -0.3 is 15.5 Å². The normalized spacial score (nSPS) is 13.2. The minimum atomic E-state index is -0.969. The lowest BCUT2D eigenvalue weighted by Crippen LogP contribution is -2.51. The SMILES string of the molecule is CCc1ccc(C(CNC(=O)C(NC(=O)c2c(F)cccc2F)C(C)C)N(C)C)cc1. The van der Waals surface area contributed by atoms with Gasteiger partial charge in [-0.3, -0.25) is 9.59 Å². The van der Waals surface area contributed by atoms with Crippen LogP contribution in [0.25, 0.3) is 0 Å². The number of halogens is 2. The molecule has 2 amide bonds. The number of hydrogen-bond donors (Lipinski definition) is 2. The molecule has 0 saturated carbocycles. The minimum Gasteiger partial charge on any atom is -0.352 e. The molecule has 0 aliphatic carbocycles. The van der Waals surface area contributed by atoms with Gasteiger partial charge >= 0.3 is 0 Å². The van der Waals surface area contributed by atoms with Gasteiger partial charge in [-0.25, -0.2) is 8.78 Å². The molecule has 0 fully saturated rings. The number of nitrogens with zero attached hydrogens (tertiary/aromatic N) is 1. The number of carbonyl (C=O) groups excluding carboxylic acids is 2. The number of aryl methyl sites for hydroxylation is 1. The van der Waals surface area contributed by atoms with Crippen molar-refractivity contribution in [3.05, 3.63) is 70.8 Å². The average Bonchev–Trinajstić information content (AvgIpc) is 2.71. The third kappa shape index (κ3) is 6.34. The van der Waals surface area contributed by atoms with Crippen LogP contribution in [0.1, 0.15) is 48.3 Å². The molecule has 2 aromatic carbocycles. The standard InChI is InChI=1S/C24H31F2N3O2/c1-6-16-10-12-17(13-11-16)20(29(4)5)14-27-24(31)22(15(2)3)28-23(30)21-18(25)8-7-9-19(21)26/h7-13,15,20,22H,6,14H2,1-5H3,(H,27,31)(H,28,30). The van der Waals surface area contributed by atoms with Gasteiger partial charge in [-0.05, 0) is 49.7 Å². The highest BCUT2D eigenvalue weighted by molar-refractivity contribution is 5.98. The molecule has 2 unspecified atom stereocenters. The lowest BCUT2D eigenvalue weighted by atomic mass is 10.0. The maximum absolute atomic E-state index is 13.9. The van der Waals surface area contributed by atoms with Gasteiger partial charge in [-0.1, -0.05) is 51.1 Å². The van der Waals surface area contributed by atoms with Crippen LogP contribution in [0, 0.1) is 17.6 Å². The molecule has 0 bridgehead atoms. The Labute approximate surface area is 182 Å². The molecule has 0 heterocycles. The van der Waals surface area contributed by atoms with Gasteiger partial charge in [0.15, 0.2) is 0 Å². The number of nitrogens with one attached hydrogen (secondary N) is 2. The van der Waals surface area contributed by atoms with E-state index < -0.39 is 35.1 Å². The predicted molar refractivity (Wildman–Crippen MR) is 118 cm³/mol. The molecule has 0 radical (unpaired) electrons. The zero-order valence-corrected chi connectivity index (χ0v) is 18.7. The zero-order valence-electron chi connectivity index (χ0n) is 18.7. The Morgan fingerprint density at radius 1 is 1.00 bits per heavy atom. The highest BCUT2D eigenvalue weighted by Crippen LogP contribution is 2.19. The summed E-state index contributed by atoms with van der Waals surface area (Å²) < 4.78 is 27.9. The molecule has 7 heteroatoms. The van der Waals surface area contributed by atoms with Crippen molar-refractivity contribution >= 4 is 11.8 Å². The van der Waals surface area contributed by atoms with E-state index in [0.717, 1.165) is 24.1 Å². The summed E-state index contributed by atoms with van der Waals surface area (Å²) >= 11 is 0. The Balaban J connectivity index is 2.11. The van der Waals surface area contributed by atoms with Crippen LogP contribution in [-0.2, 0) is 11.2 Å². The maximum Gasteiger partial charge on any atom is 0.257 e. The quantitative estimate of drug-likeness (QED) is 0.637. The molecule has 0 aromatic heterocycles. The number of rotatable bonds is 9. The van der Waals surface area contributed by atoms with Gasteiger partial charge in [0.1, 0.15) is 23.2 Å². The van der Waals surface area contributed by atoms with E-state index in [9.17, 15) is 18.4 Å². The van der Waals surface area contributed by atoms with E-state index in [1.807, 2.05) is 31.1 Å². The van der Waals surface area contributed by atoms with Crippen molar-refractivity contribution in [1.82, 2.24) is 15.5 Å². The fraction of sp³-hybridized carbons (Fsp3) is 0.417. The summed E-state index contributed by atoms with van der Waals surface area (Å²) in [6.07, 6.45) is 0.946. The summed E-state index contributed by atoms with van der Waals surface area (Å²) in [7, 11) is 3.85. The van der Waals surface area contributed by atoms with Crippen LogP contribution in [0.2, 0.25) is 0 Å². The van der Waals surface area contributed by atoms with E-state index >= 15 is 0 Å². The lowest BCUT2D eigenvalue weighted by molar-refractivity contribution is -0.124. The Kier molecular flexibility index (Phi) is 8.68. The third-order valence-corrected chi connectivity index (χ3v) is 5.29. The van der Waals surface area contributed by atoms with Gasteiger partial charge in [-0.2, -0.15) is 0 Å². The molecule has 2 aromatic rings. The molecule has 0 aliphatic heterocycles. The Morgan fingerprint density at radius 2 is 1.58 bits per heavy atom. The molecule has 0 saturated heterocycles. The van der Waals surface area contributed by atoms with Crippen molar-refractivity contribution in [3.63, 3.8) is 0 Å². The highest BCUT2D eigenvalue weighted by atomic mass is 19.1. The van der Waals surface area contributed by atoms with Crippen molar-refractivity contribution in [2.24, 2.45) is 5.92 Å². The summed E-state index contributed by atoms with van der Waals surface area (Å²) in [5, 5.41) is 5.35. The van der Waals surface area contributed by atoms with Crippen LogP contribution < -0.4 is 10.6 Å². The first-order valence-corrected chi connectivity index (χ1v) is 10.4. The summed E-state index contributed by atoms with van der Waals surface area (Å²) in [5.74, 6) is -3.58. The first kappa shape index (κ1) is 24.5. The van der Waals surface area contributed by atoms with Crippen LogP contribution in [-0.4, -0.2) is 43.4 Å². The summed E-state index contributed by atoms with van der Waals surface area (Å²) in [6, 6.07) is 10.4. The minimum absolute atomic E-state index is 0.0672. The molecular weight excluding hydrogens is 400 g/mol. The average molecular weight is 432 g/mol. The monoisotopic (exact) mass is 431 g/mol. The maximum atomic E-state index is 13.9. The summed E-state index contributed by atoms with van der Waals surface area (Å²) in [5.41, 5.74) is 1.59. The topological polar surface area (TPSA) is 61.4 Å². The molecule has 2 N–H and O–H groups in total. The van der Waals surface area contributed by atoms with Crippen molar-refractivity contribution < 1.29 is 18.4 Å². The smallest absolute Gasteiger partial charge is 0.257 e. The molecule has 5 nitrogen and oxygen atoms in total. The van der Waals surface area contributed by atoms with Gasteiger partial charge in [-0.15, -0.1) is 0 Å². The van der Waals surface area contributed by atoms with Gasteiger partial charge in [0.25, 0.3) is 5.91 Å². The Bertz CT molecular complexity index is 878. The second kappa shape index (κ2) is 11.0.